The molecule has 3 heteroatoms. The predicted octanol–water partition coefficient (Wildman–Crippen LogP) is 4.86. The van der Waals surface area contributed by atoms with Gasteiger partial charge in [-0.15, -0.1) is 0 Å². The smallest absolute Gasteiger partial charge is 0.0558 e. The zero-order valence-electron chi connectivity index (χ0n) is 16.4. The Morgan fingerprint density at radius 3 is 1.72 bits per heavy atom. The first-order chi connectivity index (χ1) is 12.3. The molecule has 146 valence electrons. The zero-order valence-corrected chi connectivity index (χ0v) is 16.4. The summed E-state index contributed by atoms with van der Waals surface area (Å²) in [6.45, 7) is 4.87. The molecule has 0 aromatic rings. The third-order valence-electron chi connectivity index (χ3n) is 4.21. The summed E-state index contributed by atoms with van der Waals surface area (Å²) in [6, 6.07) is 0. The zero-order chi connectivity index (χ0) is 18.4. The maximum atomic E-state index is 8.96. The molecule has 0 aliphatic heterocycles. The molecule has 0 unspecified atom stereocenters. The van der Waals surface area contributed by atoms with Gasteiger partial charge in [-0.05, 0) is 45.1 Å². The van der Waals surface area contributed by atoms with E-state index >= 15 is 0 Å². The fourth-order valence-corrected chi connectivity index (χ4v) is 2.75. The largest absolute Gasteiger partial charge is 0.395 e. The number of unbranched alkanes of at least 4 members (excludes halogenated alkanes) is 6. The van der Waals surface area contributed by atoms with E-state index in [0.29, 0.717) is 13.1 Å². The third-order valence-corrected chi connectivity index (χ3v) is 4.21. The van der Waals surface area contributed by atoms with Gasteiger partial charge >= 0.3 is 0 Å². The minimum atomic E-state index is 0.180. The highest BCUT2D eigenvalue weighted by molar-refractivity contribution is 4.96. The topological polar surface area (TPSA) is 43.7 Å². The lowest BCUT2D eigenvalue weighted by molar-refractivity contribution is 0.159. The molecular weight excluding hydrogens is 310 g/mol. The summed E-state index contributed by atoms with van der Waals surface area (Å²) in [5, 5.41) is 17.9. The van der Waals surface area contributed by atoms with Crippen molar-refractivity contribution in [2.24, 2.45) is 0 Å². The highest BCUT2D eigenvalue weighted by atomic mass is 16.3. The highest BCUT2D eigenvalue weighted by Crippen LogP contribution is 2.08. The van der Waals surface area contributed by atoms with Crippen molar-refractivity contribution >= 4 is 0 Å². The first-order valence-electron chi connectivity index (χ1n) is 10.2. The number of aliphatic hydroxyl groups is 2. The van der Waals surface area contributed by atoms with Crippen molar-refractivity contribution in [1.29, 1.82) is 0 Å². The van der Waals surface area contributed by atoms with Gasteiger partial charge in [0.05, 0.1) is 13.2 Å². The molecule has 0 saturated heterocycles. The molecule has 0 spiro atoms. The molecule has 0 radical (unpaired) electrons. The first-order valence-corrected chi connectivity index (χ1v) is 10.2. The van der Waals surface area contributed by atoms with Crippen molar-refractivity contribution in [3.05, 3.63) is 36.5 Å². The van der Waals surface area contributed by atoms with Crippen molar-refractivity contribution < 1.29 is 10.2 Å². The Bertz CT molecular complexity index is 331. The average Bonchev–Trinajstić information content (AvgIpc) is 2.61. The summed E-state index contributed by atoms with van der Waals surface area (Å²) in [7, 11) is 0. The van der Waals surface area contributed by atoms with Crippen LogP contribution >= 0.6 is 0 Å². The van der Waals surface area contributed by atoms with Gasteiger partial charge in [-0.1, -0.05) is 69.1 Å². The molecule has 0 heterocycles. The summed E-state index contributed by atoms with van der Waals surface area (Å²) in [5.41, 5.74) is 0. The highest BCUT2D eigenvalue weighted by Gasteiger charge is 2.02. The molecule has 0 aromatic carbocycles. The molecule has 3 nitrogen and oxygen atoms in total. The fourth-order valence-electron chi connectivity index (χ4n) is 2.75. The fraction of sp³-hybridized carbons (Fsp3) is 0.727. The molecule has 0 bridgehead atoms. The van der Waals surface area contributed by atoms with Crippen LogP contribution in [0.1, 0.15) is 71.1 Å². The number of rotatable bonds is 18. The molecular formula is C22H41NO2. The molecule has 0 fully saturated rings. The monoisotopic (exact) mass is 351 g/mol. The van der Waals surface area contributed by atoms with Crippen LogP contribution in [0.3, 0.4) is 0 Å². The summed E-state index contributed by atoms with van der Waals surface area (Å²) in [5.74, 6) is 0. The molecule has 0 rings (SSSR count). The molecule has 25 heavy (non-hydrogen) atoms. The lowest BCUT2D eigenvalue weighted by atomic mass is 10.1. The lowest BCUT2D eigenvalue weighted by Gasteiger charge is -2.19. The standard InChI is InChI=1S/C22H41NO2/c1-2-3-4-5-6-7-8-9-10-11-12-13-14-15-16-17-18-23(19-21-24)20-22-25/h3-4,6-7,9-10,24-25H,2,5,8,11-22H2,1H3/b4-3-,7-6-,10-9-. The van der Waals surface area contributed by atoms with Crippen LogP contribution in [0.2, 0.25) is 0 Å². The third kappa shape index (κ3) is 19.3. The van der Waals surface area contributed by atoms with Crippen LogP contribution in [0, 0.1) is 0 Å². The van der Waals surface area contributed by atoms with E-state index in [4.69, 9.17) is 10.2 Å². The van der Waals surface area contributed by atoms with Crippen molar-refractivity contribution in [1.82, 2.24) is 4.90 Å². The molecule has 0 aromatic heterocycles. The van der Waals surface area contributed by atoms with Crippen LogP contribution in [0.4, 0.5) is 0 Å². The van der Waals surface area contributed by atoms with Crippen LogP contribution in [-0.4, -0.2) is 48.0 Å². The van der Waals surface area contributed by atoms with E-state index in [0.717, 1.165) is 25.8 Å². The maximum Gasteiger partial charge on any atom is 0.0558 e. The molecule has 0 saturated carbocycles. The molecule has 0 aliphatic rings. The van der Waals surface area contributed by atoms with E-state index < -0.39 is 0 Å². The number of allylic oxidation sites excluding steroid dienone is 6. The van der Waals surface area contributed by atoms with Gasteiger partial charge in [0, 0.05) is 13.1 Å². The van der Waals surface area contributed by atoms with Crippen molar-refractivity contribution in [3.8, 4) is 0 Å². The molecule has 2 N–H and O–H groups in total. The van der Waals surface area contributed by atoms with E-state index in [1.54, 1.807) is 0 Å². The van der Waals surface area contributed by atoms with Gasteiger partial charge in [-0.3, -0.25) is 4.90 Å². The first kappa shape index (κ1) is 24.1. The Labute approximate surface area is 156 Å². The van der Waals surface area contributed by atoms with Gasteiger partial charge in [0.25, 0.3) is 0 Å². The Balaban J connectivity index is 3.35. The summed E-state index contributed by atoms with van der Waals surface area (Å²) in [4.78, 5) is 2.14. The van der Waals surface area contributed by atoms with Crippen LogP contribution in [0.25, 0.3) is 0 Å². The normalized spacial score (nSPS) is 12.5. The molecule has 0 aliphatic carbocycles. The van der Waals surface area contributed by atoms with E-state index in [1.165, 1.54) is 44.9 Å². The number of nitrogens with zero attached hydrogens (tertiary/aromatic N) is 1. The number of hydrogen-bond donors (Lipinski definition) is 2. The molecule has 0 atom stereocenters. The van der Waals surface area contributed by atoms with Gasteiger partial charge in [0.1, 0.15) is 0 Å². The van der Waals surface area contributed by atoms with Gasteiger partial charge in [0.15, 0.2) is 0 Å². The van der Waals surface area contributed by atoms with Gasteiger partial charge < -0.3 is 10.2 Å². The summed E-state index contributed by atoms with van der Waals surface area (Å²) < 4.78 is 0. The van der Waals surface area contributed by atoms with Crippen LogP contribution < -0.4 is 0 Å². The van der Waals surface area contributed by atoms with E-state index in [2.05, 4.69) is 48.3 Å². The maximum absolute atomic E-state index is 8.96. The van der Waals surface area contributed by atoms with Crippen molar-refractivity contribution in [2.75, 3.05) is 32.8 Å². The minimum absolute atomic E-state index is 0.180. The second-order valence-corrected chi connectivity index (χ2v) is 6.49. The molecule has 0 amide bonds. The van der Waals surface area contributed by atoms with Gasteiger partial charge in [0.2, 0.25) is 0 Å². The van der Waals surface area contributed by atoms with E-state index in [9.17, 15) is 0 Å². The Morgan fingerprint density at radius 2 is 1.12 bits per heavy atom. The van der Waals surface area contributed by atoms with E-state index in [1.807, 2.05) is 0 Å². The second-order valence-electron chi connectivity index (χ2n) is 6.49. The van der Waals surface area contributed by atoms with Gasteiger partial charge in [-0.2, -0.15) is 0 Å². The van der Waals surface area contributed by atoms with Crippen molar-refractivity contribution in [2.45, 2.75) is 71.1 Å². The van der Waals surface area contributed by atoms with Crippen molar-refractivity contribution in [3.63, 3.8) is 0 Å². The van der Waals surface area contributed by atoms with E-state index in [-0.39, 0.29) is 13.2 Å². The van der Waals surface area contributed by atoms with Crippen LogP contribution in [0.5, 0.6) is 0 Å². The predicted molar refractivity (Wildman–Crippen MR) is 110 cm³/mol. The Kier molecular flexibility index (Phi) is 20.4. The average molecular weight is 352 g/mol. The minimum Gasteiger partial charge on any atom is -0.395 e. The summed E-state index contributed by atoms with van der Waals surface area (Å²) in [6.07, 6.45) is 25.6. The van der Waals surface area contributed by atoms with Gasteiger partial charge in [-0.25, -0.2) is 0 Å². The van der Waals surface area contributed by atoms with Crippen LogP contribution in [0.15, 0.2) is 36.5 Å². The quantitative estimate of drug-likeness (QED) is 0.274. The second kappa shape index (κ2) is 21.1. The Morgan fingerprint density at radius 1 is 0.600 bits per heavy atom. The Hall–Kier alpha value is -0.900. The number of hydrogen-bond acceptors (Lipinski definition) is 3. The SMILES string of the molecule is CC/C=C\C/C=C\C/C=C\CCCCCCCCN(CCO)CCO. The van der Waals surface area contributed by atoms with Crippen LogP contribution in [-0.2, 0) is 0 Å². The number of aliphatic hydroxyl groups excluding tert-OH is 2. The summed E-state index contributed by atoms with van der Waals surface area (Å²) >= 11 is 0. The lowest BCUT2D eigenvalue weighted by Crippen LogP contribution is -2.30.